The van der Waals surface area contributed by atoms with E-state index in [-0.39, 0.29) is 29.6 Å². The van der Waals surface area contributed by atoms with E-state index in [0.29, 0.717) is 16.7 Å². The summed E-state index contributed by atoms with van der Waals surface area (Å²) < 4.78 is 23.1. The first-order valence-electron chi connectivity index (χ1n) is 15.0. The predicted molar refractivity (Wildman–Crippen MR) is 182 cm³/mol. The molecule has 6 aromatic rings. The van der Waals surface area contributed by atoms with Crippen LogP contribution in [0.15, 0.2) is 94.8 Å². The lowest BCUT2D eigenvalue weighted by Gasteiger charge is -2.17. The standard InChI is InChI=1S/C37H34FN5O3/c1-22(2)27-19-28(23(3)18-34(27)46-5)36-41-31-15-9-6-13-26(31)37(45)43(36)39-20-29-24(4)42(33-17-11-7-12-25(29)33)21-35(44)40-32-16-10-8-14-30(32)38/h6-20,22H,21H2,1-5H3,(H,40,44). The predicted octanol–water partition coefficient (Wildman–Crippen LogP) is 7.43. The summed E-state index contributed by atoms with van der Waals surface area (Å²) in [5, 5.41) is 8.73. The van der Waals surface area contributed by atoms with Gasteiger partial charge in [-0.3, -0.25) is 9.59 Å². The molecule has 46 heavy (non-hydrogen) atoms. The van der Waals surface area contributed by atoms with Crippen molar-refractivity contribution in [3.05, 3.63) is 123 Å². The maximum absolute atomic E-state index is 14.2. The van der Waals surface area contributed by atoms with E-state index in [1.807, 2.05) is 66.9 Å². The third kappa shape index (κ3) is 5.56. The summed E-state index contributed by atoms with van der Waals surface area (Å²) in [5.41, 5.74) is 5.36. The lowest BCUT2D eigenvalue weighted by molar-refractivity contribution is -0.116. The van der Waals surface area contributed by atoms with Crippen LogP contribution in [0.25, 0.3) is 33.2 Å². The van der Waals surface area contributed by atoms with Crippen LogP contribution >= 0.6 is 0 Å². The molecule has 0 spiro atoms. The Morgan fingerprint density at radius 1 is 1.00 bits per heavy atom. The molecule has 0 aliphatic rings. The lowest BCUT2D eigenvalue weighted by atomic mass is 9.96. The molecule has 0 saturated heterocycles. The number of rotatable bonds is 8. The number of carbonyl (C=O) groups excluding carboxylic acids is 1. The van der Waals surface area contributed by atoms with Crippen LogP contribution in [0.3, 0.4) is 0 Å². The van der Waals surface area contributed by atoms with Crippen LogP contribution in [0, 0.1) is 19.7 Å². The van der Waals surface area contributed by atoms with E-state index in [1.165, 1.54) is 16.8 Å². The number of halogens is 1. The van der Waals surface area contributed by atoms with Crippen LogP contribution in [0.1, 0.15) is 42.1 Å². The molecule has 9 heteroatoms. The Labute approximate surface area is 265 Å². The normalized spacial score (nSPS) is 11.6. The first-order chi connectivity index (χ1) is 22.2. The first kappa shape index (κ1) is 30.5. The molecule has 8 nitrogen and oxygen atoms in total. The van der Waals surface area contributed by atoms with Crippen molar-refractivity contribution < 1.29 is 13.9 Å². The van der Waals surface area contributed by atoms with Crippen molar-refractivity contribution in [2.75, 3.05) is 12.4 Å². The monoisotopic (exact) mass is 615 g/mol. The molecule has 0 atom stereocenters. The van der Waals surface area contributed by atoms with E-state index >= 15 is 0 Å². The van der Waals surface area contributed by atoms with Crippen molar-refractivity contribution in [1.82, 2.24) is 14.2 Å². The SMILES string of the molecule is COc1cc(C)c(-c2nc3ccccc3c(=O)n2N=Cc2c(C)n(CC(=O)Nc3ccccc3F)c3ccccc23)cc1C(C)C. The molecule has 2 aromatic heterocycles. The molecule has 6 rings (SSSR count). The number of fused-ring (bicyclic) bond motifs is 2. The number of benzene rings is 4. The molecular weight excluding hydrogens is 581 g/mol. The number of hydrogen-bond donors (Lipinski definition) is 1. The number of methoxy groups -OCH3 is 1. The van der Waals surface area contributed by atoms with Gasteiger partial charge in [-0.05, 0) is 73.4 Å². The fraction of sp³-hybridized carbons (Fsp3) is 0.189. The van der Waals surface area contributed by atoms with Crippen molar-refractivity contribution in [2.24, 2.45) is 5.10 Å². The van der Waals surface area contributed by atoms with Gasteiger partial charge in [0.1, 0.15) is 18.1 Å². The van der Waals surface area contributed by atoms with Gasteiger partial charge in [-0.15, -0.1) is 0 Å². The number of aryl methyl sites for hydroxylation is 1. The summed E-state index contributed by atoms with van der Waals surface area (Å²) in [6.07, 6.45) is 1.65. The van der Waals surface area contributed by atoms with Crippen LogP contribution in [0.5, 0.6) is 5.75 Å². The molecule has 0 unspecified atom stereocenters. The van der Waals surface area contributed by atoms with Crippen molar-refractivity contribution in [3.8, 4) is 17.1 Å². The van der Waals surface area contributed by atoms with E-state index in [2.05, 4.69) is 19.2 Å². The van der Waals surface area contributed by atoms with Gasteiger partial charge in [0.15, 0.2) is 5.82 Å². The highest BCUT2D eigenvalue weighted by Crippen LogP contribution is 2.34. The van der Waals surface area contributed by atoms with Crippen LogP contribution in [-0.4, -0.2) is 33.5 Å². The minimum absolute atomic E-state index is 0.0414. The second kappa shape index (κ2) is 12.4. The van der Waals surface area contributed by atoms with Crippen molar-refractivity contribution >= 4 is 39.6 Å². The lowest BCUT2D eigenvalue weighted by Crippen LogP contribution is -2.21. The molecule has 0 fully saturated rings. The third-order valence-electron chi connectivity index (χ3n) is 8.23. The Balaban J connectivity index is 1.48. The van der Waals surface area contributed by atoms with E-state index in [4.69, 9.17) is 14.8 Å². The quantitative estimate of drug-likeness (QED) is 0.180. The maximum atomic E-state index is 14.2. The Hall–Kier alpha value is -5.57. The van der Waals surface area contributed by atoms with Crippen molar-refractivity contribution in [3.63, 3.8) is 0 Å². The second-order valence-corrected chi connectivity index (χ2v) is 11.5. The highest BCUT2D eigenvalue weighted by molar-refractivity contribution is 6.02. The number of anilines is 1. The zero-order valence-electron chi connectivity index (χ0n) is 26.3. The highest BCUT2D eigenvalue weighted by Gasteiger charge is 2.20. The fourth-order valence-corrected chi connectivity index (χ4v) is 5.81. The van der Waals surface area contributed by atoms with E-state index in [9.17, 15) is 14.0 Å². The minimum Gasteiger partial charge on any atom is -0.496 e. The summed E-state index contributed by atoms with van der Waals surface area (Å²) in [6, 6.07) is 24.9. The minimum atomic E-state index is -0.504. The molecule has 2 heterocycles. The van der Waals surface area contributed by atoms with Crippen molar-refractivity contribution in [2.45, 2.75) is 40.2 Å². The van der Waals surface area contributed by atoms with Gasteiger partial charge in [-0.25, -0.2) is 9.37 Å². The summed E-state index contributed by atoms with van der Waals surface area (Å²) in [4.78, 5) is 32.0. The molecule has 0 aliphatic heterocycles. The van der Waals surface area contributed by atoms with Crippen LogP contribution < -0.4 is 15.6 Å². The average molecular weight is 616 g/mol. The molecule has 4 aromatic carbocycles. The van der Waals surface area contributed by atoms with Crippen LogP contribution in [-0.2, 0) is 11.3 Å². The first-order valence-corrected chi connectivity index (χ1v) is 15.0. The number of carbonyl (C=O) groups is 1. The van der Waals surface area contributed by atoms with Gasteiger partial charge in [0, 0.05) is 27.7 Å². The smallest absolute Gasteiger partial charge is 0.282 e. The number of nitrogens with zero attached hydrogens (tertiary/aromatic N) is 4. The maximum Gasteiger partial charge on any atom is 0.282 e. The van der Waals surface area contributed by atoms with Gasteiger partial charge in [-0.1, -0.05) is 56.3 Å². The molecule has 1 amide bonds. The fourth-order valence-electron chi connectivity index (χ4n) is 5.81. The number of ether oxygens (including phenoxy) is 1. The molecule has 232 valence electrons. The van der Waals surface area contributed by atoms with Gasteiger partial charge in [0.25, 0.3) is 5.56 Å². The summed E-state index contributed by atoms with van der Waals surface area (Å²) in [7, 11) is 1.65. The topological polar surface area (TPSA) is 90.5 Å². The summed E-state index contributed by atoms with van der Waals surface area (Å²) in [6.45, 7) is 7.99. The number of amides is 1. The average Bonchev–Trinajstić information content (AvgIpc) is 3.31. The van der Waals surface area contributed by atoms with Crippen LogP contribution in [0.4, 0.5) is 10.1 Å². The Morgan fingerprint density at radius 3 is 2.43 bits per heavy atom. The van der Waals surface area contributed by atoms with E-state index in [0.717, 1.165) is 44.6 Å². The number of nitrogens with one attached hydrogen (secondary N) is 1. The number of para-hydroxylation sites is 3. The van der Waals surface area contributed by atoms with Gasteiger partial charge >= 0.3 is 0 Å². The molecule has 1 N–H and O–H groups in total. The van der Waals surface area contributed by atoms with E-state index in [1.54, 1.807) is 37.6 Å². The van der Waals surface area contributed by atoms with Crippen molar-refractivity contribution in [1.29, 1.82) is 0 Å². The van der Waals surface area contributed by atoms with Gasteiger partial charge < -0.3 is 14.6 Å². The van der Waals surface area contributed by atoms with Gasteiger partial charge in [-0.2, -0.15) is 9.78 Å². The van der Waals surface area contributed by atoms with Gasteiger partial charge in [0.2, 0.25) is 5.91 Å². The molecular formula is C37H34FN5O3. The molecule has 0 aliphatic carbocycles. The van der Waals surface area contributed by atoms with Gasteiger partial charge in [0.05, 0.1) is 29.9 Å². The molecule has 0 saturated carbocycles. The van der Waals surface area contributed by atoms with Crippen LogP contribution in [0.2, 0.25) is 0 Å². The van der Waals surface area contributed by atoms with E-state index < -0.39 is 5.82 Å². The molecule has 0 bridgehead atoms. The number of hydrogen-bond acceptors (Lipinski definition) is 5. The Morgan fingerprint density at radius 2 is 1.70 bits per heavy atom. The Bertz CT molecular complexity index is 2210. The highest BCUT2D eigenvalue weighted by atomic mass is 19.1. The third-order valence-corrected chi connectivity index (χ3v) is 8.23. The summed E-state index contributed by atoms with van der Waals surface area (Å²) >= 11 is 0. The Kier molecular flexibility index (Phi) is 8.23. The summed E-state index contributed by atoms with van der Waals surface area (Å²) in [5.74, 6) is 0.480. The zero-order chi connectivity index (χ0) is 32.5. The molecule has 0 radical (unpaired) electrons. The second-order valence-electron chi connectivity index (χ2n) is 11.5. The number of aromatic nitrogens is 3. The largest absolute Gasteiger partial charge is 0.496 e. The zero-order valence-corrected chi connectivity index (χ0v) is 26.3.